The third-order valence-electron chi connectivity index (χ3n) is 3.06. The van der Waals surface area contributed by atoms with Crippen LogP contribution in [0.1, 0.15) is 78.6 Å². The van der Waals surface area contributed by atoms with Gasteiger partial charge in [0.1, 0.15) is 0 Å². The molecular weight excluding hydrogens is 204 g/mol. The van der Waals surface area contributed by atoms with E-state index < -0.39 is 0 Å². The Hall–Kier alpha value is 0.290. The van der Waals surface area contributed by atoms with Crippen molar-refractivity contribution in [3.05, 3.63) is 0 Å². The molecule has 15 heavy (non-hydrogen) atoms. The third-order valence-corrected chi connectivity index (χ3v) is 3.78. The maximum Gasteiger partial charge on any atom is 0.0359 e. The summed E-state index contributed by atoms with van der Waals surface area (Å²) >= 11 is 6.20. The molecule has 0 nitrogen and oxygen atoms in total. The van der Waals surface area contributed by atoms with Gasteiger partial charge >= 0.3 is 0 Å². The van der Waals surface area contributed by atoms with E-state index in [1.165, 1.54) is 57.8 Å². The van der Waals surface area contributed by atoms with Gasteiger partial charge in [-0.05, 0) is 12.3 Å². The summed E-state index contributed by atoms with van der Waals surface area (Å²) in [4.78, 5) is 0. The second-order valence-corrected chi connectivity index (χ2v) is 5.58. The number of hydrogen-bond acceptors (Lipinski definition) is 0. The zero-order chi connectivity index (χ0) is 11.5. The van der Waals surface area contributed by atoms with Gasteiger partial charge in [-0.1, -0.05) is 72.1 Å². The van der Waals surface area contributed by atoms with Crippen molar-refractivity contribution in [3.63, 3.8) is 0 Å². The highest BCUT2D eigenvalue weighted by Crippen LogP contribution is 2.18. The molecule has 0 aromatic heterocycles. The molecule has 0 saturated heterocycles. The number of alkyl halides is 1. The van der Waals surface area contributed by atoms with Crippen LogP contribution in [0.25, 0.3) is 0 Å². The van der Waals surface area contributed by atoms with Crippen molar-refractivity contribution in [1.29, 1.82) is 0 Å². The monoisotopic (exact) mass is 232 g/mol. The SMILES string of the molecule is CCCCCCCCCCC(Cl)C(C)C. The molecule has 0 amide bonds. The van der Waals surface area contributed by atoms with E-state index in [0.717, 1.165) is 0 Å². The summed E-state index contributed by atoms with van der Waals surface area (Å²) < 4.78 is 0. The quantitative estimate of drug-likeness (QED) is 0.331. The average molecular weight is 233 g/mol. The number of rotatable bonds is 10. The van der Waals surface area contributed by atoms with Crippen LogP contribution < -0.4 is 0 Å². The lowest BCUT2D eigenvalue weighted by molar-refractivity contribution is 0.513. The molecule has 1 heteroatoms. The van der Waals surface area contributed by atoms with Crippen LogP contribution in [0.2, 0.25) is 0 Å². The van der Waals surface area contributed by atoms with Crippen molar-refractivity contribution in [1.82, 2.24) is 0 Å². The highest BCUT2D eigenvalue weighted by Gasteiger charge is 2.07. The topological polar surface area (TPSA) is 0 Å². The lowest BCUT2D eigenvalue weighted by atomic mass is 10.0. The molecule has 0 fully saturated rings. The zero-order valence-corrected chi connectivity index (χ0v) is 11.7. The van der Waals surface area contributed by atoms with Gasteiger partial charge < -0.3 is 0 Å². The summed E-state index contributed by atoms with van der Waals surface area (Å²) in [6, 6.07) is 0. The lowest BCUT2D eigenvalue weighted by Gasteiger charge is -2.12. The molecule has 92 valence electrons. The number of hydrogen-bond donors (Lipinski definition) is 0. The summed E-state index contributed by atoms with van der Waals surface area (Å²) in [7, 11) is 0. The van der Waals surface area contributed by atoms with E-state index in [2.05, 4.69) is 20.8 Å². The first-order valence-corrected chi connectivity index (χ1v) is 7.26. The number of halogens is 1. The minimum atomic E-state index is 0.394. The molecule has 0 rings (SSSR count). The van der Waals surface area contributed by atoms with Crippen LogP contribution in [0.15, 0.2) is 0 Å². The average Bonchev–Trinajstić information content (AvgIpc) is 2.21. The Balaban J connectivity index is 3.05. The van der Waals surface area contributed by atoms with Gasteiger partial charge in [0, 0.05) is 5.38 Å². The van der Waals surface area contributed by atoms with Crippen molar-refractivity contribution < 1.29 is 0 Å². The maximum atomic E-state index is 6.20. The lowest BCUT2D eigenvalue weighted by Crippen LogP contribution is -2.06. The second-order valence-electron chi connectivity index (χ2n) is 5.02. The molecule has 0 heterocycles. The van der Waals surface area contributed by atoms with Gasteiger partial charge in [-0.3, -0.25) is 0 Å². The predicted molar refractivity (Wildman–Crippen MR) is 71.7 cm³/mol. The largest absolute Gasteiger partial charge is 0.123 e. The first-order chi connectivity index (χ1) is 7.18. The smallest absolute Gasteiger partial charge is 0.0359 e. The Bertz CT molecular complexity index is 121. The van der Waals surface area contributed by atoms with Crippen LogP contribution in [0, 0.1) is 5.92 Å². The van der Waals surface area contributed by atoms with Gasteiger partial charge in [-0.15, -0.1) is 11.6 Å². The van der Waals surface area contributed by atoms with Crippen LogP contribution in [0.5, 0.6) is 0 Å². The summed E-state index contributed by atoms with van der Waals surface area (Å²) in [5.74, 6) is 0.635. The zero-order valence-electron chi connectivity index (χ0n) is 10.9. The van der Waals surface area contributed by atoms with Crippen LogP contribution >= 0.6 is 11.6 Å². The summed E-state index contributed by atoms with van der Waals surface area (Å²) in [6.07, 6.45) is 12.4. The Morgan fingerprint density at radius 1 is 0.800 bits per heavy atom. The van der Waals surface area contributed by atoms with Gasteiger partial charge in [-0.2, -0.15) is 0 Å². The highest BCUT2D eigenvalue weighted by molar-refractivity contribution is 6.20. The fourth-order valence-corrected chi connectivity index (χ4v) is 1.96. The van der Waals surface area contributed by atoms with Crippen molar-refractivity contribution >= 4 is 11.6 Å². The van der Waals surface area contributed by atoms with Gasteiger partial charge in [0.15, 0.2) is 0 Å². The molecule has 1 unspecified atom stereocenters. The normalized spacial score (nSPS) is 13.4. The molecule has 0 aliphatic heterocycles. The van der Waals surface area contributed by atoms with Crippen molar-refractivity contribution in [3.8, 4) is 0 Å². The number of unbranched alkanes of at least 4 members (excludes halogenated alkanes) is 7. The fourth-order valence-electron chi connectivity index (χ4n) is 1.81. The van der Waals surface area contributed by atoms with E-state index in [9.17, 15) is 0 Å². The van der Waals surface area contributed by atoms with E-state index in [1.807, 2.05) is 0 Å². The predicted octanol–water partition coefficient (Wildman–Crippen LogP) is 5.78. The van der Waals surface area contributed by atoms with Crippen molar-refractivity contribution in [2.24, 2.45) is 5.92 Å². The van der Waals surface area contributed by atoms with Crippen LogP contribution in [0.3, 0.4) is 0 Å². The van der Waals surface area contributed by atoms with E-state index in [-0.39, 0.29) is 0 Å². The Morgan fingerprint density at radius 2 is 1.27 bits per heavy atom. The minimum Gasteiger partial charge on any atom is -0.123 e. The van der Waals surface area contributed by atoms with Crippen LogP contribution in [-0.4, -0.2) is 5.38 Å². The van der Waals surface area contributed by atoms with E-state index >= 15 is 0 Å². The van der Waals surface area contributed by atoms with Gasteiger partial charge in [0.25, 0.3) is 0 Å². The molecule has 0 aromatic rings. The van der Waals surface area contributed by atoms with Crippen LogP contribution in [0.4, 0.5) is 0 Å². The molecule has 0 aliphatic rings. The molecule has 0 N–H and O–H groups in total. The van der Waals surface area contributed by atoms with E-state index in [0.29, 0.717) is 11.3 Å². The first kappa shape index (κ1) is 15.3. The highest BCUT2D eigenvalue weighted by atomic mass is 35.5. The van der Waals surface area contributed by atoms with Gasteiger partial charge in [0.2, 0.25) is 0 Å². The Morgan fingerprint density at radius 3 is 1.73 bits per heavy atom. The molecule has 0 radical (unpaired) electrons. The molecule has 1 atom stereocenters. The molecule has 0 aliphatic carbocycles. The van der Waals surface area contributed by atoms with Crippen LogP contribution in [-0.2, 0) is 0 Å². The molecule has 0 saturated carbocycles. The molecule has 0 spiro atoms. The minimum absolute atomic E-state index is 0.394. The first-order valence-electron chi connectivity index (χ1n) is 6.82. The summed E-state index contributed by atoms with van der Waals surface area (Å²) in [5, 5.41) is 0.394. The van der Waals surface area contributed by atoms with Gasteiger partial charge in [0.05, 0.1) is 0 Å². The third kappa shape index (κ3) is 10.6. The summed E-state index contributed by atoms with van der Waals surface area (Å²) in [5.41, 5.74) is 0. The standard InChI is InChI=1S/C14H29Cl/c1-4-5-6-7-8-9-10-11-12-14(15)13(2)3/h13-14H,4-12H2,1-3H3. The summed E-state index contributed by atoms with van der Waals surface area (Å²) in [6.45, 7) is 6.69. The second kappa shape index (κ2) is 10.8. The Kier molecular flexibility index (Phi) is 11.0. The van der Waals surface area contributed by atoms with Crippen molar-refractivity contribution in [2.75, 3.05) is 0 Å². The molecule has 0 bridgehead atoms. The van der Waals surface area contributed by atoms with Gasteiger partial charge in [-0.25, -0.2) is 0 Å². The fraction of sp³-hybridized carbons (Fsp3) is 1.00. The van der Waals surface area contributed by atoms with E-state index in [4.69, 9.17) is 11.6 Å². The van der Waals surface area contributed by atoms with Crippen molar-refractivity contribution in [2.45, 2.75) is 83.9 Å². The molecule has 0 aromatic carbocycles. The van der Waals surface area contributed by atoms with E-state index in [1.54, 1.807) is 0 Å². The Labute approximate surface area is 102 Å². The molecular formula is C14H29Cl. The maximum absolute atomic E-state index is 6.20.